The molecule has 0 unspecified atom stereocenters. The van der Waals surface area contributed by atoms with Gasteiger partial charge in [0, 0.05) is 25.5 Å². The number of carbonyl (C=O) groups is 1. The van der Waals surface area contributed by atoms with Crippen molar-refractivity contribution in [3.05, 3.63) is 47.7 Å². The molecule has 1 aromatic heterocycles. The minimum atomic E-state index is -4.73. The molecule has 1 fully saturated rings. The minimum Gasteiger partial charge on any atom is -0.381 e. The van der Waals surface area contributed by atoms with Gasteiger partial charge in [-0.1, -0.05) is 6.58 Å². The summed E-state index contributed by atoms with van der Waals surface area (Å²) in [6.45, 7) is 6.09. The second-order valence-corrected chi connectivity index (χ2v) is 7.13. The van der Waals surface area contributed by atoms with Crippen molar-refractivity contribution >= 4 is 29.0 Å². The Balaban J connectivity index is 2.01. The van der Waals surface area contributed by atoms with Crippen LogP contribution in [0.25, 0.3) is 0 Å². The zero-order valence-electron chi connectivity index (χ0n) is 17.2. The number of anilines is 4. The van der Waals surface area contributed by atoms with Crippen LogP contribution in [-0.4, -0.2) is 35.1 Å². The SMILES string of the molecule is C=CC(=O)Nc1cc(C)c(C#N)cc1Nc1nc(NC2CCOCC2)ncc1C(F)(F)F. The van der Waals surface area contributed by atoms with Crippen LogP contribution in [0.2, 0.25) is 0 Å². The Bertz CT molecular complexity index is 1060. The molecule has 2 aromatic rings. The Morgan fingerprint density at radius 1 is 1.31 bits per heavy atom. The van der Waals surface area contributed by atoms with Gasteiger partial charge in [-0.2, -0.15) is 23.4 Å². The first kappa shape index (κ1) is 23.0. The van der Waals surface area contributed by atoms with Crippen molar-refractivity contribution < 1.29 is 22.7 Å². The Labute approximate surface area is 182 Å². The quantitative estimate of drug-likeness (QED) is 0.572. The van der Waals surface area contributed by atoms with Crippen molar-refractivity contribution in [1.29, 1.82) is 5.26 Å². The third-order valence-electron chi connectivity index (χ3n) is 4.83. The van der Waals surface area contributed by atoms with Crippen LogP contribution in [0.3, 0.4) is 0 Å². The molecule has 8 nitrogen and oxygen atoms in total. The lowest BCUT2D eigenvalue weighted by molar-refractivity contribution is -0.137. The zero-order chi connectivity index (χ0) is 23.3. The summed E-state index contributed by atoms with van der Waals surface area (Å²) >= 11 is 0. The summed E-state index contributed by atoms with van der Waals surface area (Å²) in [5, 5.41) is 17.5. The number of nitrogens with one attached hydrogen (secondary N) is 3. The summed E-state index contributed by atoms with van der Waals surface area (Å²) in [6, 6.07) is 4.78. The number of rotatable bonds is 6. The van der Waals surface area contributed by atoms with E-state index < -0.39 is 23.5 Å². The van der Waals surface area contributed by atoms with E-state index in [4.69, 9.17) is 4.74 Å². The fraction of sp³-hybridized carbons (Fsp3) is 0.333. The van der Waals surface area contributed by atoms with Crippen LogP contribution in [0.4, 0.5) is 36.3 Å². The summed E-state index contributed by atoms with van der Waals surface area (Å²) in [6.07, 6.45) is -1.66. The molecular formula is C21H21F3N6O2. The highest BCUT2D eigenvalue weighted by Gasteiger charge is 2.35. The van der Waals surface area contributed by atoms with Gasteiger partial charge in [-0.3, -0.25) is 4.79 Å². The molecule has 0 saturated carbocycles. The fourth-order valence-corrected chi connectivity index (χ4v) is 3.13. The van der Waals surface area contributed by atoms with E-state index in [9.17, 15) is 23.2 Å². The maximum absolute atomic E-state index is 13.6. The number of benzene rings is 1. The summed E-state index contributed by atoms with van der Waals surface area (Å²) in [4.78, 5) is 19.7. The van der Waals surface area contributed by atoms with E-state index in [2.05, 4.69) is 32.5 Å². The largest absolute Gasteiger partial charge is 0.421 e. The van der Waals surface area contributed by atoms with E-state index in [1.54, 1.807) is 6.92 Å². The van der Waals surface area contributed by atoms with Crippen LogP contribution in [0.5, 0.6) is 0 Å². The van der Waals surface area contributed by atoms with Gasteiger partial charge in [0.25, 0.3) is 0 Å². The highest BCUT2D eigenvalue weighted by atomic mass is 19.4. The van der Waals surface area contributed by atoms with Gasteiger partial charge < -0.3 is 20.7 Å². The third-order valence-corrected chi connectivity index (χ3v) is 4.83. The molecule has 2 heterocycles. The van der Waals surface area contributed by atoms with E-state index >= 15 is 0 Å². The fourth-order valence-electron chi connectivity index (χ4n) is 3.13. The first-order chi connectivity index (χ1) is 15.2. The summed E-state index contributed by atoms with van der Waals surface area (Å²) < 4.78 is 46.2. The van der Waals surface area contributed by atoms with Gasteiger partial charge in [-0.15, -0.1) is 0 Å². The molecule has 32 heavy (non-hydrogen) atoms. The molecule has 1 aliphatic rings. The van der Waals surface area contributed by atoms with Crippen molar-refractivity contribution in [3.8, 4) is 6.07 Å². The molecule has 0 spiro atoms. The smallest absolute Gasteiger partial charge is 0.381 e. The van der Waals surface area contributed by atoms with Crippen molar-refractivity contribution in [2.24, 2.45) is 0 Å². The molecule has 0 radical (unpaired) electrons. The second kappa shape index (κ2) is 9.65. The standard InChI is InChI=1S/C21H21F3N6O2/c1-3-18(31)28-16-8-12(2)13(10-25)9-17(16)29-19-15(21(22,23)24)11-26-20(30-19)27-14-4-6-32-7-5-14/h3,8-9,11,14H,1,4-7H2,2H3,(H,28,31)(H2,26,27,29,30). The molecule has 0 atom stereocenters. The van der Waals surface area contributed by atoms with Gasteiger partial charge in [0.1, 0.15) is 11.4 Å². The van der Waals surface area contributed by atoms with E-state index in [1.807, 2.05) is 6.07 Å². The molecular weight excluding hydrogens is 425 g/mol. The number of aromatic nitrogens is 2. The molecule has 168 valence electrons. The maximum Gasteiger partial charge on any atom is 0.421 e. The number of carbonyl (C=O) groups excluding carboxylic acids is 1. The van der Waals surface area contributed by atoms with Gasteiger partial charge in [0.2, 0.25) is 11.9 Å². The van der Waals surface area contributed by atoms with Gasteiger partial charge in [0.05, 0.1) is 23.0 Å². The highest BCUT2D eigenvalue weighted by Crippen LogP contribution is 2.37. The first-order valence-corrected chi connectivity index (χ1v) is 9.75. The normalized spacial score (nSPS) is 14.3. The maximum atomic E-state index is 13.6. The molecule has 3 N–H and O–H groups in total. The molecule has 1 saturated heterocycles. The third kappa shape index (κ3) is 5.53. The number of nitriles is 1. The number of amides is 1. The molecule has 1 aliphatic heterocycles. The Kier molecular flexibility index (Phi) is 6.95. The first-order valence-electron chi connectivity index (χ1n) is 9.75. The summed E-state index contributed by atoms with van der Waals surface area (Å²) in [7, 11) is 0. The number of halogens is 3. The molecule has 0 aliphatic carbocycles. The van der Waals surface area contributed by atoms with E-state index in [0.29, 0.717) is 37.8 Å². The van der Waals surface area contributed by atoms with Crippen LogP contribution in [0.1, 0.15) is 29.5 Å². The number of hydrogen-bond donors (Lipinski definition) is 3. The van der Waals surface area contributed by atoms with Crippen LogP contribution in [-0.2, 0) is 15.7 Å². The number of hydrogen-bond acceptors (Lipinski definition) is 7. The lowest BCUT2D eigenvalue weighted by Crippen LogP contribution is -2.29. The number of aryl methyl sites for hydroxylation is 1. The van der Waals surface area contributed by atoms with Crippen LogP contribution >= 0.6 is 0 Å². The van der Waals surface area contributed by atoms with E-state index in [-0.39, 0.29) is 28.9 Å². The summed E-state index contributed by atoms with van der Waals surface area (Å²) in [5.74, 6) is -1.04. The number of nitrogens with zero attached hydrogens (tertiary/aromatic N) is 3. The number of alkyl halides is 3. The predicted molar refractivity (Wildman–Crippen MR) is 113 cm³/mol. The van der Waals surface area contributed by atoms with Crippen molar-refractivity contribution in [3.63, 3.8) is 0 Å². The molecule has 11 heteroatoms. The Hall–Kier alpha value is -3.65. The van der Waals surface area contributed by atoms with Crippen molar-refractivity contribution in [2.75, 3.05) is 29.2 Å². The van der Waals surface area contributed by atoms with E-state index in [1.165, 1.54) is 12.1 Å². The topological polar surface area (TPSA) is 112 Å². The van der Waals surface area contributed by atoms with Crippen LogP contribution in [0.15, 0.2) is 31.0 Å². The average Bonchev–Trinajstić information content (AvgIpc) is 2.75. The molecule has 1 aromatic carbocycles. The predicted octanol–water partition coefficient (Wildman–Crippen LogP) is 4.13. The molecule has 0 bridgehead atoms. The zero-order valence-corrected chi connectivity index (χ0v) is 17.2. The van der Waals surface area contributed by atoms with Crippen molar-refractivity contribution in [2.45, 2.75) is 32.0 Å². The van der Waals surface area contributed by atoms with E-state index in [0.717, 1.165) is 6.08 Å². The van der Waals surface area contributed by atoms with Gasteiger partial charge in [-0.05, 0) is 43.5 Å². The van der Waals surface area contributed by atoms with Crippen molar-refractivity contribution in [1.82, 2.24) is 9.97 Å². The monoisotopic (exact) mass is 446 g/mol. The Morgan fingerprint density at radius 2 is 2.03 bits per heavy atom. The molecule has 3 rings (SSSR count). The Morgan fingerprint density at radius 3 is 2.66 bits per heavy atom. The minimum absolute atomic E-state index is 0.0247. The highest BCUT2D eigenvalue weighted by molar-refractivity contribution is 6.01. The lowest BCUT2D eigenvalue weighted by atomic mass is 10.1. The lowest BCUT2D eigenvalue weighted by Gasteiger charge is -2.24. The van der Waals surface area contributed by atoms with Gasteiger partial charge in [0.15, 0.2) is 0 Å². The van der Waals surface area contributed by atoms with Crippen LogP contribution < -0.4 is 16.0 Å². The molecule has 1 amide bonds. The van der Waals surface area contributed by atoms with Crippen LogP contribution in [0, 0.1) is 18.3 Å². The second-order valence-electron chi connectivity index (χ2n) is 7.13. The van der Waals surface area contributed by atoms with Gasteiger partial charge in [-0.25, -0.2) is 4.98 Å². The summed E-state index contributed by atoms with van der Waals surface area (Å²) in [5.41, 5.74) is -0.0685. The number of ether oxygens (including phenoxy) is 1. The average molecular weight is 446 g/mol. The van der Waals surface area contributed by atoms with Gasteiger partial charge >= 0.3 is 6.18 Å².